The summed E-state index contributed by atoms with van der Waals surface area (Å²) in [5, 5.41) is 10.3. The van der Waals surface area contributed by atoms with Crippen molar-refractivity contribution in [3.63, 3.8) is 0 Å². The molecule has 0 atom stereocenters. The van der Waals surface area contributed by atoms with Crippen LogP contribution >= 0.6 is 0 Å². The third kappa shape index (κ3) is 3.86. The molecule has 136 valence electrons. The number of hydrogen-bond donors (Lipinski definition) is 1. The Kier molecular flexibility index (Phi) is 5.53. The first-order valence-electron chi connectivity index (χ1n) is 8.57. The number of pyridine rings is 1. The maximum Gasteiger partial charge on any atom is 0.337 e. The molecule has 0 unspecified atom stereocenters. The smallest absolute Gasteiger partial charge is 0.337 e. The maximum atomic E-state index is 11.7. The van der Waals surface area contributed by atoms with Crippen LogP contribution in [0.1, 0.15) is 28.5 Å². The molecule has 0 saturated heterocycles. The minimum Gasteiger partial charge on any atom is -0.491 e. The average molecular weight is 354 g/mol. The Morgan fingerprint density at radius 2 is 2.12 bits per heavy atom. The van der Waals surface area contributed by atoms with Crippen LogP contribution in [0.3, 0.4) is 0 Å². The fourth-order valence-corrected chi connectivity index (χ4v) is 3.03. The first kappa shape index (κ1) is 17.9. The van der Waals surface area contributed by atoms with E-state index < -0.39 is 5.97 Å². The van der Waals surface area contributed by atoms with Crippen LogP contribution in [0.4, 0.5) is 0 Å². The van der Waals surface area contributed by atoms with E-state index in [1.54, 1.807) is 18.5 Å². The summed E-state index contributed by atoms with van der Waals surface area (Å²) in [5.74, 6) is -0.312. The van der Waals surface area contributed by atoms with Crippen molar-refractivity contribution in [2.75, 3.05) is 19.8 Å². The van der Waals surface area contributed by atoms with Crippen LogP contribution in [0.15, 0.2) is 42.7 Å². The number of nitrogens with zero attached hydrogens (tertiary/aromatic N) is 2. The monoisotopic (exact) mass is 354 g/mol. The lowest BCUT2D eigenvalue weighted by atomic mass is 10.1. The van der Waals surface area contributed by atoms with Crippen molar-refractivity contribution in [2.24, 2.45) is 0 Å². The minimum absolute atomic E-state index is 0.259. The number of rotatable bonds is 8. The lowest BCUT2D eigenvalue weighted by molar-refractivity contribution is 0.0698. The lowest BCUT2D eigenvalue weighted by Gasteiger charge is -2.11. The molecular formula is C20H22N2O4. The molecule has 2 heterocycles. The van der Waals surface area contributed by atoms with Gasteiger partial charge in [0.15, 0.2) is 0 Å². The molecule has 1 aromatic carbocycles. The van der Waals surface area contributed by atoms with E-state index in [4.69, 9.17) is 9.47 Å². The van der Waals surface area contributed by atoms with E-state index in [9.17, 15) is 9.90 Å². The van der Waals surface area contributed by atoms with E-state index in [0.29, 0.717) is 37.5 Å². The van der Waals surface area contributed by atoms with Crippen molar-refractivity contribution in [2.45, 2.75) is 20.4 Å². The van der Waals surface area contributed by atoms with Gasteiger partial charge in [-0.15, -0.1) is 0 Å². The number of aromatic carboxylic acids is 1. The fourth-order valence-electron chi connectivity index (χ4n) is 3.03. The van der Waals surface area contributed by atoms with Gasteiger partial charge < -0.3 is 19.1 Å². The van der Waals surface area contributed by atoms with Gasteiger partial charge in [-0.2, -0.15) is 0 Å². The van der Waals surface area contributed by atoms with Crippen molar-refractivity contribution in [3.8, 4) is 5.75 Å². The van der Waals surface area contributed by atoms with Crippen LogP contribution in [0.5, 0.6) is 5.75 Å². The van der Waals surface area contributed by atoms with Gasteiger partial charge >= 0.3 is 5.97 Å². The molecule has 0 spiro atoms. The number of aryl methyl sites for hydroxylation is 1. The fraction of sp³-hybridized carbons (Fsp3) is 0.300. The predicted molar refractivity (Wildman–Crippen MR) is 99.0 cm³/mol. The second kappa shape index (κ2) is 8.01. The highest BCUT2D eigenvalue weighted by atomic mass is 16.5. The molecule has 3 aromatic rings. The van der Waals surface area contributed by atoms with Crippen molar-refractivity contribution in [1.82, 2.24) is 9.55 Å². The van der Waals surface area contributed by atoms with E-state index in [-0.39, 0.29) is 5.56 Å². The third-order valence-corrected chi connectivity index (χ3v) is 4.13. The van der Waals surface area contributed by atoms with E-state index in [1.807, 2.05) is 42.7 Å². The zero-order valence-electron chi connectivity index (χ0n) is 14.9. The summed E-state index contributed by atoms with van der Waals surface area (Å²) in [4.78, 5) is 16.0. The summed E-state index contributed by atoms with van der Waals surface area (Å²) < 4.78 is 12.9. The van der Waals surface area contributed by atoms with E-state index in [1.165, 1.54) is 0 Å². The van der Waals surface area contributed by atoms with Gasteiger partial charge in [0.25, 0.3) is 0 Å². The second-order valence-electron chi connectivity index (χ2n) is 5.98. The van der Waals surface area contributed by atoms with Crippen molar-refractivity contribution in [3.05, 3.63) is 59.5 Å². The van der Waals surface area contributed by atoms with Gasteiger partial charge in [-0.05, 0) is 43.7 Å². The van der Waals surface area contributed by atoms with Gasteiger partial charge in [0.2, 0.25) is 0 Å². The van der Waals surface area contributed by atoms with Crippen LogP contribution in [0, 0.1) is 6.92 Å². The molecule has 0 saturated carbocycles. The Bertz CT molecular complexity index is 903. The molecule has 0 radical (unpaired) electrons. The molecule has 2 aromatic heterocycles. The Morgan fingerprint density at radius 3 is 2.81 bits per heavy atom. The van der Waals surface area contributed by atoms with Gasteiger partial charge in [-0.25, -0.2) is 4.79 Å². The molecule has 0 bridgehead atoms. The molecule has 0 aliphatic carbocycles. The molecular weight excluding hydrogens is 332 g/mol. The molecule has 0 fully saturated rings. The van der Waals surface area contributed by atoms with Gasteiger partial charge in [0.1, 0.15) is 12.4 Å². The van der Waals surface area contributed by atoms with Crippen LogP contribution in [0.25, 0.3) is 10.9 Å². The Labute approximate surface area is 152 Å². The van der Waals surface area contributed by atoms with Gasteiger partial charge in [-0.3, -0.25) is 4.98 Å². The number of carboxylic acid groups (broad SMARTS) is 1. The van der Waals surface area contributed by atoms with E-state index in [2.05, 4.69) is 4.98 Å². The summed E-state index contributed by atoms with van der Waals surface area (Å²) in [7, 11) is 0. The molecule has 26 heavy (non-hydrogen) atoms. The first-order valence-corrected chi connectivity index (χ1v) is 8.57. The minimum atomic E-state index is -0.958. The van der Waals surface area contributed by atoms with Crippen LogP contribution in [0.2, 0.25) is 0 Å². The molecule has 0 aliphatic rings. The first-order chi connectivity index (χ1) is 12.6. The number of fused-ring (bicyclic) bond motifs is 1. The number of carbonyl (C=O) groups is 1. The number of aromatic nitrogens is 2. The van der Waals surface area contributed by atoms with E-state index >= 15 is 0 Å². The lowest BCUT2D eigenvalue weighted by Crippen LogP contribution is -2.06. The molecule has 3 rings (SSSR count). The molecule has 6 nitrogen and oxygen atoms in total. The normalized spacial score (nSPS) is 11.0. The van der Waals surface area contributed by atoms with Crippen LogP contribution in [-0.2, 0) is 11.3 Å². The molecule has 0 amide bonds. The SMILES string of the molecule is CCOCCOc1cc(C)c2c(c1)c(C(=O)O)cn2Cc1ccccn1. The van der Waals surface area contributed by atoms with Crippen molar-refractivity contribution >= 4 is 16.9 Å². The molecule has 1 N–H and O–H groups in total. The zero-order valence-corrected chi connectivity index (χ0v) is 14.9. The number of hydrogen-bond acceptors (Lipinski definition) is 4. The highest BCUT2D eigenvalue weighted by Gasteiger charge is 2.17. The van der Waals surface area contributed by atoms with Crippen molar-refractivity contribution < 1.29 is 19.4 Å². The van der Waals surface area contributed by atoms with Gasteiger partial charge in [0.05, 0.1) is 29.9 Å². The van der Waals surface area contributed by atoms with Crippen LogP contribution in [-0.4, -0.2) is 40.4 Å². The predicted octanol–water partition coefficient (Wildman–Crippen LogP) is 3.51. The van der Waals surface area contributed by atoms with Gasteiger partial charge in [0, 0.05) is 24.4 Å². The van der Waals surface area contributed by atoms with Crippen LogP contribution < -0.4 is 4.74 Å². The third-order valence-electron chi connectivity index (χ3n) is 4.13. The highest BCUT2D eigenvalue weighted by molar-refractivity contribution is 6.04. The number of carboxylic acids is 1. The Balaban J connectivity index is 1.98. The largest absolute Gasteiger partial charge is 0.491 e. The molecule has 0 aliphatic heterocycles. The summed E-state index contributed by atoms with van der Waals surface area (Å²) in [5.41, 5.74) is 2.97. The second-order valence-corrected chi connectivity index (χ2v) is 5.98. The number of benzene rings is 1. The summed E-state index contributed by atoms with van der Waals surface area (Å²) in [6, 6.07) is 9.41. The molecule has 6 heteroatoms. The van der Waals surface area contributed by atoms with Gasteiger partial charge in [-0.1, -0.05) is 6.07 Å². The summed E-state index contributed by atoms with van der Waals surface area (Å²) in [6.45, 7) is 5.96. The zero-order chi connectivity index (χ0) is 18.5. The maximum absolute atomic E-state index is 11.7. The summed E-state index contributed by atoms with van der Waals surface area (Å²) in [6.07, 6.45) is 3.40. The van der Waals surface area contributed by atoms with Crippen molar-refractivity contribution in [1.29, 1.82) is 0 Å². The highest BCUT2D eigenvalue weighted by Crippen LogP contribution is 2.30. The standard InChI is InChI=1S/C20H22N2O4/c1-3-25-8-9-26-16-10-14(2)19-17(11-16)18(20(23)24)13-22(19)12-15-6-4-5-7-21-15/h4-7,10-11,13H,3,8-9,12H2,1-2H3,(H,23,24). The van der Waals surface area contributed by atoms with E-state index in [0.717, 1.165) is 16.8 Å². The summed E-state index contributed by atoms with van der Waals surface area (Å²) >= 11 is 0. The quantitative estimate of drug-likeness (QED) is 0.627. The number of ether oxygens (including phenoxy) is 2. The Morgan fingerprint density at radius 1 is 1.27 bits per heavy atom. The topological polar surface area (TPSA) is 73.6 Å². The Hall–Kier alpha value is -2.86. The average Bonchev–Trinajstić information content (AvgIpc) is 2.99.